The van der Waals surface area contributed by atoms with Gasteiger partial charge in [-0.15, -0.1) is 0 Å². The van der Waals surface area contributed by atoms with Gasteiger partial charge in [0.2, 0.25) is 0 Å². The van der Waals surface area contributed by atoms with E-state index in [9.17, 15) is 27.6 Å². The van der Waals surface area contributed by atoms with Crippen LogP contribution in [0.2, 0.25) is 0 Å². The van der Waals surface area contributed by atoms with Crippen LogP contribution >= 0.6 is 0 Å². The zero-order valence-corrected chi connectivity index (χ0v) is 12.7. The molecular formula is C15H13F3N4O3. The van der Waals surface area contributed by atoms with Gasteiger partial charge in [0.25, 0.3) is 5.91 Å². The molecule has 132 valence electrons. The Bertz CT molecular complexity index is 796. The van der Waals surface area contributed by atoms with Gasteiger partial charge in [-0.2, -0.15) is 13.2 Å². The number of fused-ring (bicyclic) bond motifs is 5. The predicted octanol–water partition coefficient (Wildman–Crippen LogP) is 1.38. The van der Waals surface area contributed by atoms with E-state index in [1.54, 1.807) is 0 Å². The van der Waals surface area contributed by atoms with Crippen LogP contribution in [0, 0.1) is 0 Å². The standard InChI is InChI=1S/C15H13F3N4O3/c16-15(17,18)7-2-1-3-8(4-7)22-12(23)11-10-5-9(21(11)14(22)25)6-20(10)13(19)24/h1-4,9-11H,5-6H2,(H2,19,24). The van der Waals surface area contributed by atoms with Gasteiger partial charge in [0.05, 0.1) is 23.3 Å². The van der Waals surface area contributed by atoms with Gasteiger partial charge in [0.1, 0.15) is 6.04 Å². The van der Waals surface area contributed by atoms with E-state index in [4.69, 9.17) is 5.73 Å². The van der Waals surface area contributed by atoms with Crippen LogP contribution in [-0.4, -0.2) is 52.4 Å². The van der Waals surface area contributed by atoms with Crippen LogP contribution in [0.1, 0.15) is 12.0 Å². The lowest BCUT2D eigenvalue weighted by molar-refractivity contribution is -0.137. The summed E-state index contributed by atoms with van der Waals surface area (Å²) in [6, 6.07) is 0.946. The number of amides is 5. The molecule has 25 heavy (non-hydrogen) atoms. The molecule has 3 aliphatic rings. The third kappa shape index (κ3) is 2.09. The number of benzene rings is 1. The van der Waals surface area contributed by atoms with E-state index < -0.39 is 41.8 Å². The van der Waals surface area contributed by atoms with Crippen molar-refractivity contribution >= 4 is 23.7 Å². The number of carbonyl (C=O) groups is 3. The molecule has 3 saturated heterocycles. The lowest BCUT2D eigenvalue weighted by Gasteiger charge is -2.33. The number of imide groups is 1. The zero-order valence-electron chi connectivity index (χ0n) is 12.7. The summed E-state index contributed by atoms with van der Waals surface area (Å²) in [4.78, 5) is 40.3. The van der Waals surface area contributed by atoms with Gasteiger partial charge >= 0.3 is 18.2 Å². The third-order valence-corrected chi connectivity index (χ3v) is 4.98. The van der Waals surface area contributed by atoms with Crippen LogP contribution in [0.3, 0.4) is 0 Å². The molecule has 2 bridgehead atoms. The lowest BCUT2D eigenvalue weighted by atomic mass is 10.1. The van der Waals surface area contributed by atoms with Crippen molar-refractivity contribution in [1.82, 2.24) is 9.80 Å². The van der Waals surface area contributed by atoms with Crippen molar-refractivity contribution in [1.29, 1.82) is 0 Å². The highest BCUT2D eigenvalue weighted by atomic mass is 19.4. The minimum absolute atomic E-state index is 0.135. The van der Waals surface area contributed by atoms with Crippen molar-refractivity contribution in [3.8, 4) is 0 Å². The maximum atomic E-state index is 12.9. The molecule has 1 aromatic rings. The van der Waals surface area contributed by atoms with Crippen molar-refractivity contribution in [2.75, 3.05) is 11.4 Å². The second-order valence-corrected chi connectivity index (χ2v) is 6.30. The fourth-order valence-electron chi connectivity index (χ4n) is 3.97. The van der Waals surface area contributed by atoms with Crippen molar-refractivity contribution in [2.45, 2.75) is 30.7 Å². The SMILES string of the molecule is NC(=O)N1CC2CC1C1C(=O)N(c3cccc(C(F)(F)F)c3)C(=O)N21. The minimum atomic E-state index is -4.58. The van der Waals surface area contributed by atoms with Crippen LogP contribution in [0.5, 0.6) is 0 Å². The number of nitrogens with two attached hydrogens (primary N) is 1. The van der Waals surface area contributed by atoms with Gasteiger partial charge < -0.3 is 15.5 Å². The molecule has 0 radical (unpaired) electrons. The fourth-order valence-corrected chi connectivity index (χ4v) is 3.97. The quantitative estimate of drug-likeness (QED) is 0.773. The highest BCUT2D eigenvalue weighted by molar-refractivity contribution is 6.22. The van der Waals surface area contributed by atoms with Crippen LogP contribution in [0.15, 0.2) is 24.3 Å². The summed E-state index contributed by atoms with van der Waals surface area (Å²) in [6.45, 7) is 0.228. The molecule has 0 aromatic heterocycles. The van der Waals surface area contributed by atoms with E-state index in [1.807, 2.05) is 0 Å². The first-order valence-electron chi connectivity index (χ1n) is 7.59. The Kier molecular flexibility index (Phi) is 3.06. The maximum Gasteiger partial charge on any atom is 0.416 e. The number of likely N-dealkylation sites (tertiary alicyclic amines) is 1. The normalized spacial score (nSPS) is 28.1. The Morgan fingerprint density at radius 1 is 1.24 bits per heavy atom. The monoisotopic (exact) mass is 354 g/mol. The molecule has 5 amide bonds. The number of primary amides is 1. The van der Waals surface area contributed by atoms with E-state index in [1.165, 1.54) is 15.9 Å². The first-order valence-corrected chi connectivity index (χ1v) is 7.59. The van der Waals surface area contributed by atoms with Gasteiger partial charge in [-0.1, -0.05) is 6.07 Å². The van der Waals surface area contributed by atoms with Gasteiger partial charge in [-0.05, 0) is 24.6 Å². The molecule has 3 unspecified atom stereocenters. The summed E-state index contributed by atoms with van der Waals surface area (Å²) in [6.07, 6.45) is -4.14. The summed E-state index contributed by atoms with van der Waals surface area (Å²) in [5.41, 5.74) is 4.21. The first-order chi connectivity index (χ1) is 11.7. The second-order valence-electron chi connectivity index (χ2n) is 6.30. The summed E-state index contributed by atoms with van der Waals surface area (Å²) >= 11 is 0. The van der Waals surface area contributed by atoms with Crippen LogP contribution in [0.25, 0.3) is 0 Å². The molecule has 3 aliphatic heterocycles. The molecule has 1 aromatic carbocycles. The van der Waals surface area contributed by atoms with Crippen LogP contribution < -0.4 is 10.6 Å². The van der Waals surface area contributed by atoms with Crippen molar-refractivity contribution in [2.24, 2.45) is 5.73 Å². The highest BCUT2D eigenvalue weighted by Gasteiger charge is 2.62. The Morgan fingerprint density at radius 2 is 1.96 bits per heavy atom. The number of hydrogen-bond donors (Lipinski definition) is 1. The molecule has 3 atom stereocenters. The molecule has 10 heteroatoms. The average molecular weight is 354 g/mol. The molecule has 3 fully saturated rings. The number of anilines is 1. The fraction of sp³-hybridized carbons (Fsp3) is 0.400. The number of alkyl halides is 3. The Labute approximate surface area is 139 Å². The summed E-state index contributed by atoms with van der Waals surface area (Å²) in [7, 11) is 0. The number of piperazine rings is 1. The third-order valence-electron chi connectivity index (χ3n) is 4.98. The Hall–Kier alpha value is -2.78. The van der Waals surface area contributed by atoms with E-state index in [-0.39, 0.29) is 18.3 Å². The number of halogens is 3. The first kappa shape index (κ1) is 15.7. The molecule has 0 aliphatic carbocycles. The summed E-state index contributed by atoms with van der Waals surface area (Å²) in [5.74, 6) is -0.636. The van der Waals surface area contributed by atoms with Crippen molar-refractivity contribution in [3.63, 3.8) is 0 Å². The smallest absolute Gasteiger partial charge is 0.351 e. The van der Waals surface area contributed by atoms with E-state index in [0.717, 1.165) is 23.1 Å². The minimum Gasteiger partial charge on any atom is -0.351 e. The summed E-state index contributed by atoms with van der Waals surface area (Å²) in [5, 5.41) is 0. The van der Waals surface area contributed by atoms with Gasteiger partial charge in [-0.25, -0.2) is 14.5 Å². The molecule has 4 rings (SSSR count). The Morgan fingerprint density at radius 3 is 2.60 bits per heavy atom. The average Bonchev–Trinajstić information content (AvgIpc) is 3.18. The van der Waals surface area contributed by atoms with E-state index in [2.05, 4.69) is 0 Å². The van der Waals surface area contributed by atoms with Gasteiger partial charge in [-0.3, -0.25) is 4.79 Å². The number of carbonyl (C=O) groups excluding carboxylic acids is 3. The van der Waals surface area contributed by atoms with Crippen LogP contribution in [0.4, 0.5) is 28.4 Å². The van der Waals surface area contributed by atoms with Gasteiger partial charge in [0.15, 0.2) is 0 Å². The molecule has 0 saturated carbocycles. The Balaban J connectivity index is 1.70. The summed E-state index contributed by atoms with van der Waals surface area (Å²) < 4.78 is 38.7. The van der Waals surface area contributed by atoms with Crippen LogP contribution in [-0.2, 0) is 11.0 Å². The molecular weight excluding hydrogens is 341 g/mol. The maximum absolute atomic E-state index is 12.9. The number of hydrogen-bond acceptors (Lipinski definition) is 3. The molecule has 3 heterocycles. The topological polar surface area (TPSA) is 87.0 Å². The number of rotatable bonds is 1. The highest BCUT2D eigenvalue weighted by Crippen LogP contribution is 2.42. The lowest BCUT2D eigenvalue weighted by Crippen LogP contribution is -2.56. The van der Waals surface area contributed by atoms with Crippen molar-refractivity contribution in [3.05, 3.63) is 29.8 Å². The number of nitrogens with zero attached hydrogens (tertiary/aromatic N) is 3. The number of urea groups is 2. The van der Waals surface area contributed by atoms with E-state index >= 15 is 0 Å². The van der Waals surface area contributed by atoms with E-state index in [0.29, 0.717) is 6.42 Å². The largest absolute Gasteiger partial charge is 0.416 e. The van der Waals surface area contributed by atoms with Crippen molar-refractivity contribution < 1.29 is 27.6 Å². The van der Waals surface area contributed by atoms with Gasteiger partial charge in [0, 0.05) is 6.54 Å². The molecule has 2 N–H and O–H groups in total. The zero-order chi connectivity index (χ0) is 18.1. The predicted molar refractivity (Wildman–Crippen MR) is 78.4 cm³/mol. The molecule has 7 nitrogen and oxygen atoms in total. The molecule has 0 spiro atoms. The second kappa shape index (κ2) is 4.87.